The summed E-state index contributed by atoms with van der Waals surface area (Å²) in [4.78, 5) is 19.0. The molecule has 1 rings (SSSR count). The van der Waals surface area contributed by atoms with Gasteiger partial charge < -0.3 is 25.0 Å². The van der Waals surface area contributed by atoms with E-state index in [1.165, 1.54) is 0 Å². The molecule has 0 radical (unpaired) electrons. The molecule has 0 spiro atoms. The number of morpholine rings is 1. The Kier molecular flexibility index (Phi) is 8.03. The van der Waals surface area contributed by atoms with Crippen molar-refractivity contribution in [3.05, 3.63) is 0 Å². The van der Waals surface area contributed by atoms with Gasteiger partial charge in [0.15, 0.2) is 0 Å². The van der Waals surface area contributed by atoms with E-state index in [0.717, 1.165) is 13.2 Å². The minimum absolute atomic E-state index is 0.137. The Hall–Kier alpha value is -1.39. The highest BCUT2D eigenvalue weighted by molar-refractivity contribution is 5.73. The van der Waals surface area contributed by atoms with Gasteiger partial charge in [-0.15, -0.1) is 0 Å². The Balaban J connectivity index is 0.000000399. The number of hydrogen-bond donors (Lipinski definition) is 3. The SMILES string of the molecule is O=C(O)C(F)(F)F.O=C(O)COCC1COCCN1. The quantitative estimate of drug-likeness (QED) is 0.653. The van der Waals surface area contributed by atoms with Gasteiger partial charge in [0, 0.05) is 6.54 Å². The number of aliphatic carboxylic acids is 2. The van der Waals surface area contributed by atoms with E-state index >= 15 is 0 Å². The summed E-state index contributed by atoms with van der Waals surface area (Å²) < 4.78 is 41.8. The van der Waals surface area contributed by atoms with Crippen LogP contribution in [-0.2, 0) is 19.1 Å². The minimum atomic E-state index is -5.08. The lowest BCUT2D eigenvalue weighted by Crippen LogP contribution is -2.44. The molecule has 0 aromatic carbocycles. The first-order chi connectivity index (χ1) is 8.73. The maximum absolute atomic E-state index is 10.6. The molecule has 1 unspecified atom stereocenters. The van der Waals surface area contributed by atoms with Crippen molar-refractivity contribution in [2.45, 2.75) is 12.2 Å². The van der Waals surface area contributed by atoms with Crippen molar-refractivity contribution >= 4 is 11.9 Å². The van der Waals surface area contributed by atoms with Gasteiger partial charge in [0.1, 0.15) is 6.61 Å². The first-order valence-corrected chi connectivity index (χ1v) is 5.14. The Morgan fingerprint density at radius 3 is 2.32 bits per heavy atom. The number of carboxylic acids is 2. The van der Waals surface area contributed by atoms with Crippen LogP contribution in [0.25, 0.3) is 0 Å². The number of carbonyl (C=O) groups is 2. The number of carboxylic acid groups (broad SMARTS) is 2. The molecular formula is C9H14F3NO6. The maximum Gasteiger partial charge on any atom is 0.490 e. The lowest BCUT2D eigenvalue weighted by atomic mass is 10.3. The molecule has 1 fully saturated rings. The molecule has 1 heterocycles. The third-order valence-electron chi connectivity index (χ3n) is 1.79. The second-order valence-corrected chi connectivity index (χ2v) is 3.44. The van der Waals surface area contributed by atoms with Crippen LogP contribution in [0.2, 0.25) is 0 Å². The maximum atomic E-state index is 10.6. The number of rotatable bonds is 4. The monoisotopic (exact) mass is 289 g/mol. The number of nitrogens with one attached hydrogen (secondary N) is 1. The third kappa shape index (κ3) is 10.2. The molecule has 112 valence electrons. The lowest BCUT2D eigenvalue weighted by molar-refractivity contribution is -0.192. The fraction of sp³-hybridized carbons (Fsp3) is 0.778. The summed E-state index contributed by atoms with van der Waals surface area (Å²) >= 11 is 0. The van der Waals surface area contributed by atoms with Crippen LogP contribution in [-0.4, -0.2) is 67.3 Å². The fourth-order valence-electron chi connectivity index (χ4n) is 1.02. The second-order valence-electron chi connectivity index (χ2n) is 3.44. The summed E-state index contributed by atoms with van der Waals surface area (Å²) in [5.41, 5.74) is 0. The predicted molar refractivity (Wildman–Crippen MR) is 54.8 cm³/mol. The van der Waals surface area contributed by atoms with Crippen molar-refractivity contribution in [3.8, 4) is 0 Å². The minimum Gasteiger partial charge on any atom is -0.480 e. The number of halogens is 3. The van der Waals surface area contributed by atoms with Crippen molar-refractivity contribution in [1.29, 1.82) is 0 Å². The number of ether oxygens (including phenoxy) is 2. The van der Waals surface area contributed by atoms with Gasteiger partial charge >= 0.3 is 18.1 Å². The van der Waals surface area contributed by atoms with Crippen LogP contribution in [0, 0.1) is 0 Å². The molecule has 19 heavy (non-hydrogen) atoms. The zero-order chi connectivity index (χ0) is 14.9. The molecular weight excluding hydrogens is 275 g/mol. The van der Waals surface area contributed by atoms with E-state index in [2.05, 4.69) is 5.32 Å². The van der Waals surface area contributed by atoms with E-state index in [-0.39, 0.29) is 12.6 Å². The summed E-state index contributed by atoms with van der Waals surface area (Å²) in [7, 11) is 0. The van der Waals surface area contributed by atoms with Gasteiger partial charge in [-0.1, -0.05) is 0 Å². The molecule has 0 saturated carbocycles. The smallest absolute Gasteiger partial charge is 0.480 e. The van der Waals surface area contributed by atoms with Crippen molar-refractivity contribution in [2.75, 3.05) is 33.0 Å². The van der Waals surface area contributed by atoms with E-state index in [1.54, 1.807) is 0 Å². The topological polar surface area (TPSA) is 105 Å². The summed E-state index contributed by atoms with van der Waals surface area (Å²) in [6, 6.07) is 0.137. The molecule has 1 saturated heterocycles. The van der Waals surface area contributed by atoms with Crippen LogP contribution in [0.5, 0.6) is 0 Å². The van der Waals surface area contributed by atoms with Gasteiger partial charge in [0.2, 0.25) is 0 Å². The highest BCUT2D eigenvalue weighted by Gasteiger charge is 2.38. The van der Waals surface area contributed by atoms with Crippen molar-refractivity contribution in [3.63, 3.8) is 0 Å². The van der Waals surface area contributed by atoms with Gasteiger partial charge in [-0.3, -0.25) is 0 Å². The molecule has 0 aromatic heterocycles. The zero-order valence-corrected chi connectivity index (χ0v) is 9.77. The van der Waals surface area contributed by atoms with E-state index < -0.39 is 18.1 Å². The Labute approximate surface area is 106 Å². The lowest BCUT2D eigenvalue weighted by Gasteiger charge is -2.23. The van der Waals surface area contributed by atoms with Gasteiger partial charge in [0.25, 0.3) is 0 Å². The second kappa shape index (κ2) is 8.67. The van der Waals surface area contributed by atoms with Crippen molar-refractivity contribution < 1.29 is 42.4 Å². The van der Waals surface area contributed by atoms with E-state index in [1.807, 2.05) is 0 Å². The molecule has 10 heteroatoms. The fourth-order valence-corrected chi connectivity index (χ4v) is 1.02. The van der Waals surface area contributed by atoms with Gasteiger partial charge in [-0.05, 0) is 0 Å². The summed E-state index contributed by atoms with van der Waals surface area (Å²) in [6.45, 7) is 2.28. The standard InChI is InChI=1S/C7H13NO4.C2HF3O2/c9-7(10)5-12-4-6-3-11-2-1-8-6;3-2(4,5)1(6)7/h6,8H,1-5H2,(H,9,10);(H,6,7). The third-order valence-corrected chi connectivity index (χ3v) is 1.79. The molecule has 3 N–H and O–H groups in total. The summed E-state index contributed by atoms with van der Waals surface area (Å²) in [5.74, 6) is -3.70. The number of alkyl halides is 3. The van der Waals surface area contributed by atoms with Crippen LogP contribution < -0.4 is 5.32 Å². The highest BCUT2D eigenvalue weighted by Crippen LogP contribution is 2.13. The predicted octanol–water partition coefficient (Wildman–Crippen LogP) is -0.291. The zero-order valence-electron chi connectivity index (χ0n) is 9.77. The average Bonchev–Trinajstić information content (AvgIpc) is 2.29. The van der Waals surface area contributed by atoms with Crippen molar-refractivity contribution in [1.82, 2.24) is 5.32 Å². The van der Waals surface area contributed by atoms with Crippen molar-refractivity contribution in [2.24, 2.45) is 0 Å². The van der Waals surface area contributed by atoms with Crippen LogP contribution in [0.15, 0.2) is 0 Å². The van der Waals surface area contributed by atoms with Crippen LogP contribution >= 0.6 is 0 Å². The van der Waals surface area contributed by atoms with Gasteiger partial charge in [-0.25, -0.2) is 9.59 Å². The summed E-state index contributed by atoms with van der Waals surface area (Å²) in [5, 5.41) is 18.5. The van der Waals surface area contributed by atoms with E-state index in [9.17, 15) is 18.0 Å². The Morgan fingerprint density at radius 2 is 1.95 bits per heavy atom. The Morgan fingerprint density at radius 1 is 1.37 bits per heavy atom. The van der Waals surface area contributed by atoms with E-state index in [4.69, 9.17) is 24.5 Å². The Bertz CT molecular complexity index is 290. The summed E-state index contributed by atoms with van der Waals surface area (Å²) in [6.07, 6.45) is -5.08. The molecule has 0 bridgehead atoms. The molecule has 7 nitrogen and oxygen atoms in total. The first-order valence-electron chi connectivity index (χ1n) is 5.14. The van der Waals surface area contributed by atoms with Crippen LogP contribution in [0.4, 0.5) is 13.2 Å². The van der Waals surface area contributed by atoms with E-state index in [0.29, 0.717) is 13.2 Å². The van der Waals surface area contributed by atoms with Gasteiger partial charge in [0.05, 0.1) is 25.9 Å². The first kappa shape index (κ1) is 17.6. The largest absolute Gasteiger partial charge is 0.490 e. The molecule has 1 aliphatic heterocycles. The normalized spacial score (nSPS) is 19.2. The molecule has 0 amide bonds. The average molecular weight is 289 g/mol. The number of hydrogen-bond acceptors (Lipinski definition) is 5. The molecule has 0 aliphatic carbocycles. The van der Waals surface area contributed by atoms with Crippen LogP contribution in [0.1, 0.15) is 0 Å². The molecule has 1 atom stereocenters. The highest BCUT2D eigenvalue weighted by atomic mass is 19.4. The van der Waals surface area contributed by atoms with Crippen LogP contribution in [0.3, 0.4) is 0 Å². The molecule has 0 aromatic rings. The van der Waals surface area contributed by atoms with Gasteiger partial charge in [-0.2, -0.15) is 13.2 Å². The molecule has 1 aliphatic rings.